The van der Waals surface area contributed by atoms with Gasteiger partial charge in [-0.25, -0.2) is 0 Å². The van der Waals surface area contributed by atoms with Crippen LogP contribution in [0.4, 0.5) is 0 Å². The first-order valence-electron chi connectivity index (χ1n) is 5.75. The Morgan fingerprint density at radius 3 is 2.35 bits per heavy atom. The third-order valence-electron chi connectivity index (χ3n) is 2.82. The minimum Gasteiger partial charge on any atom is -0.309 e. The second kappa shape index (κ2) is 5.99. The lowest BCUT2D eigenvalue weighted by Gasteiger charge is -2.07. The molecule has 0 aliphatic rings. The van der Waals surface area contributed by atoms with Crippen molar-refractivity contribution in [1.29, 1.82) is 0 Å². The second-order valence-corrected chi connectivity index (χ2v) is 5.07. The zero-order valence-corrected chi connectivity index (χ0v) is 11.5. The molecule has 0 saturated carbocycles. The van der Waals surface area contributed by atoms with Crippen LogP contribution in [-0.2, 0) is 13.1 Å². The highest BCUT2D eigenvalue weighted by molar-refractivity contribution is 9.10. The van der Waals surface area contributed by atoms with Gasteiger partial charge in [-0.15, -0.1) is 0 Å². The van der Waals surface area contributed by atoms with E-state index in [2.05, 4.69) is 76.7 Å². The predicted octanol–water partition coefficient (Wildman–Crippen LogP) is 4.05. The lowest BCUT2D eigenvalue weighted by atomic mass is 10.1. The van der Waals surface area contributed by atoms with Crippen molar-refractivity contribution in [1.82, 2.24) is 5.32 Å². The zero-order chi connectivity index (χ0) is 12.1. The van der Waals surface area contributed by atoms with Gasteiger partial charge in [-0.05, 0) is 35.7 Å². The van der Waals surface area contributed by atoms with Gasteiger partial charge in [0.05, 0.1) is 0 Å². The maximum absolute atomic E-state index is 3.46. The van der Waals surface area contributed by atoms with Crippen LogP contribution >= 0.6 is 15.9 Å². The molecule has 0 fully saturated rings. The molecule has 0 aliphatic carbocycles. The highest BCUT2D eigenvalue weighted by Crippen LogP contribution is 2.11. The van der Waals surface area contributed by atoms with Gasteiger partial charge in [0.25, 0.3) is 0 Å². The molecule has 2 aromatic rings. The summed E-state index contributed by atoms with van der Waals surface area (Å²) in [6, 6.07) is 16.9. The molecule has 2 rings (SSSR count). The molecule has 1 N–H and O–H groups in total. The number of rotatable bonds is 4. The van der Waals surface area contributed by atoms with E-state index in [1.165, 1.54) is 16.7 Å². The Bertz CT molecular complexity index is 477. The topological polar surface area (TPSA) is 12.0 Å². The smallest absolute Gasteiger partial charge is 0.0211 e. The summed E-state index contributed by atoms with van der Waals surface area (Å²) in [7, 11) is 0. The number of aryl methyl sites for hydroxylation is 1. The van der Waals surface area contributed by atoms with Crippen molar-refractivity contribution in [2.75, 3.05) is 0 Å². The lowest BCUT2D eigenvalue weighted by Crippen LogP contribution is -2.13. The third kappa shape index (κ3) is 3.69. The van der Waals surface area contributed by atoms with Gasteiger partial charge in [0.2, 0.25) is 0 Å². The number of benzene rings is 2. The quantitative estimate of drug-likeness (QED) is 0.896. The Morgan fingerprint density at radius 2 is 1.65 bits per heavy atom. The van der Waals surface area contributed by atoms with Crippen molar-refractivity contribution in [3.8, 4) is 0 Å². The Hall–Kier alpha value is -1.12. The Morgan fingerprint density at radius 1 is 0.941 bits per heavy atom. The molecule has 0 atom stereocenters. The SMILES string of the molecule is Cc1ccccc1CNCc1ccc(Br)cc1. The van der Waals surface area contributed by atoms with E-state index in [1.807, 2.05) is 0 Å². The van der Waals surface area contributed by atoms with Crippen LogP contribution in [0.2, 0.25) is 0 Å². The van der Waals surface area contributed by atoms with E-state index in [-0.39, 0.29) is 0 Å². The average molecular weight is 290 g/mol. The van der Waals surface area contributed by atoms with Gasteiger partial charge in [0.1, 0.15) is 0 Å². The van der Waals surface area contributed by atoms with Crippen LogP contribution in [-0.4, -0.2) is 0 Å². The largest absolute Gasteiger partial charge is 0.309 e. The van der Waals surface area contributed by atoms with Gasteiger partial charge in [0, 0.05) is 17.6 Å². The molecule has 0 aromatic heterocycles. The fraction of sp³-hybridized carbons (Fsp3) is 0.200. The first-order chi connectivity index (χ1) is 8.25. The minimum absolute atomic E-state index is 0.904. The highest BCUT2D eigenvalue weighted by Gasteiger charge is 1.97. The van der Waals surface area contributed by atoms with E-state index in [4.69, 9.17) is 0 Å². The number of halogens is 1. The lowest BCUT2D eigenvalue weighted by molar-refractivity contribution is 0.690. The average Bonchev–Trinajstić information content (AvgIpc) is 2.34. The van der Waals surface area contributed by atoms with Gasteiger partial charge in [-0.3, -0.25) is 0 Å². The molecule has 0 unspecified atom stereocenters. The Labute approximate surface area is 111 Å². The van der Waals surface area contributed by atoms with Crippen molar-refractivity contribution in [2.24, 2.45) is 0 Å². The van der Waals surface area contributed by atoms with Crippen LogP contribution in [0.5, 0.6) is 0 Å². The normalized spacial score (nSPS) is 10.5. The van der Waals surface area contributed by atoms with Crippen LogP contribution < -0.4 is 5.32 Å². The Balaban J connectivity index is 1.88. The minimum atomic E-state index is 0.904. The molecule has 0 saturated heterocycles. The van der Waals surface area contributed by atoms with Crippen molar-refractivity contribution >= 4 is 15.9 Å². The van der Waals surface area contributed by atoms with Gasteiger partial charge in [0.15, 0.2) is 0 Å². The second-order valence-electron chi connectivity index (χ2n) is 4.16. The number of hydrogen-bond acceptors (Lipinski definition) is 1. The molecule has 0 heterocycles. The molecule has 2 heteroatoms. The monoisotopic (exact) mass is 289 g/mol. The molecule has 88 valence electrons. The molecule has 1 nitrogen and oxygen atoms in total. The molecule has 0 spiro atoms. The van der Waals surface area contributed by atoms with Crippen molar-refractivity contribution in [3.63, 3.8) is 0 Å². The zero-order valence-electron chi connectivity index (χ0n) is 9.91. The van der Waals surface area contributed by atoms with Gasteiger partial charge in [-0.2, -0.15) is 0 Å². The molecular formula is C15H16BrN. The molecule has 2 aromatic carbocycles. The summed E-state index contributed by atoms with van der Waals surface area (Å²) in [6.07, 6.45) is 0. The molecule has 0 radical (unpaired) electrons. The van der Waals surface area contributed by atoms with Crippen LogP contribution in [0, 0.1) is 6.92 Å². The molecule has 0 amide bonds. The summed E-state index contributed by atoms with van der Waals surface area (Å²) in [4.78, 5) is 0. The maximum atomic E-state index is 3.46. The van der Waals surface area contributed by atoms with Crippen LogP contribution in [0.3, 0.4) is 0 Å². The van der Waals surface area contributed by atoms with Crippen molar-refractivity contribution in [3.05, 3.63) is 69.7 Å². The highest BCUT2D eigenvalue weighted by atomic mass is 79.9. The van der Waals surface area contributed by atoms with Crippen molar-refractivity contribution in [2.45, 2.75) is 20.0 Å². The van der Waals surface area contributed by atoms with E-state index in [0.29, 0.717) is 0 Å². The summed E-state index contributed by atoms with van der Waals surface area (Å²) < 4.78 is 1.13. The van der Waals surface area contributed by atoms with E-state index >= 15 is 0 Å². The maximum Gasteiger partial charge on any atom is 0.0211 e. The summed E-state index contributed by atoms with van der Waals surface area (Å²) in [5.74, 6) is 0. The third-order valence-corrected chi connectivity index (χ3v) is 3.35. The molecule has 17 heavy (non-hydrogen) atoms. The predicted molar refractivity (Wildman–Crippen MR) is 75.9 cm³/mol. The Kier molecular flexibility index (Phi) is 4.35. The van der Waals surface area contributed by atoms with Crippen LogP contribution in [0.25, 0.3) is 0 Å². The molecular weight excluding hydrogens is 274 g/mol. The van der Waals surface area contributed by atoms with E-state index in [1.54, 1.807) is 0 Å². The molecule has 0 aliphatic heterocycles. The fourth-order valence-corrected chi connectivity index (χ4v) is 2.02. The fourth-order valence-electron chi connectivity index (χ4n) is 1.75. The van der Waals surface area contributed by atoms with Crippen molar-refractivity contribution < 1.29 is 0 Å². The summed E-state index contributed by atoms with van der Waals surface area (Å²) in [6.45, 7) is 3.97. The van der Waals surface area contributed by atoms with E-state index in [9.17, 15) is 0 Å². The van der Waals surface area contributed by atoms with Gasteiger partial charge in [-0.1, -0.05) is 52.3 Å². The van der Waals surface area contributed by atoms with Gasteiger partial charge < -0.3 is 5.32 Å². The summed E-state index contributed by atoms with van der Waals surface area (Å²) in [5, 5.41) is 3.46. The molecule has 0 bridgehead atoms. The standard InChI is InChI=1S/C15H16BrN/c1-12-4-2-3-5-14(12)11-17-10-13-6-8-15(16)9-7-13/h2-9,17H,10-11H2,1H3. The van der Waals surface area contributed by atoms with Crippen LogP contribution in [0.15, 0.2) is 53.0 Å². The first kappa shape index (κ1) is 12.3. The van der Waals surface area contributed by atoms with Gasteiger partial charge >= 0.3 is 0 Å². The number of nitrogens with one attached hydrogen (secondary N) is 1. The summed E-state index contributed by atoms with van der Waals surface area (Å²) in [5.41, 5.74) is 4.02. The van der Waals surface area contributed by atoms with Crippen LogP contribution in [0.1, 0.15) is 16.7 Å². The first-order valence-corrected chi connectivity index (χ1v) is 6.54. The van der Waals surface area contributed by atoms with E-state index in [0.717, 1.165) is 17.6 Å². The number of hydrogen-bond donors (Lipinski definition) is 1. The van der Waals surface area contributed by atoms with E-state index < -0.39 is 0 Å². The summed E-state index contributed by atoms with van der Waals surface area (Å²) >= 11 is 3.44.